The van der Waals surface area contributed by atoms with E-state index in [2.05, 4.69) is 20.6 Å². The summed E-state index contributed by atoms with van der Waals surface area (Å²) in [7, 11) is 1.53. The number of para-hydroxylation sites is 2. The molecule has 3 aromatic rings. The molecule has 0 saturated heterocycles. The number of hydrogen-bond donors (Lipinski definition) is 3. The van der Waals surface area contributed by atoms with E-state index < -0.39 is 6.04 Å². The van der Waals surface area contributed by atoms with Gasteiger partial charge in [0.15, 0.2) is 0 Å². The number of carbonyl (C=O) groups excluding carboxylic acids is 2. The molecule has 2 unspecified atom stereocenters. The highest BCUT2D eigenvalue weighted by molar-refractivity contribution is 6.32. The Morgan fingerprint density at radius 1 is 1.23 bits per heavy atom. The van der Waals surface area contributed by atoms with Gasteiger partial charge in [-0.05, 0) is 35.7 Å². The highest BCUT2D eigenvalue weighted by Gasteiger charge is 2.26. The lowest BCUT2D eigenvalue weighted by Crippen LogP contribution is -2.48. The van der Waals surface area contributed by atoms with Crippen molar-refractivity contribution in [3.05, 3.63) is 53.1 Å². The summed E-state index contributed by atoms with van der Waals surface area (Å²) in [5.74, 6) is 0.262. The third-order valence-electron chi connectivity index (χ3n) is 5.02. The van der Waals surface area contributed by atoms with E-state index in [4.69, 9.17) is 16.3 Å². The summed E-state index contributed by atoms with van der Waals surface area (Å²) in [5.41, 5.74) is 2.32. The van der Waals surface area contributed by atoms with Crippen molar-refractivity contribution in [1.29, 1.82) is 0 Å². The molecule has 1 heterocycles. The molecule has 0 aliphatic carbocycles. The van der Waals surface area contributed by atoms with Gasteiger partial charge in [-0.1, -0.05) is 50.1 Å². The molecule has 2 aromatic carbocycles. The van der Waals surface area contributed by atoms with Crippen molar-refractivity contribution in [2.24, 2.45) is 5.92 Å². The number of methoxy groups -OCH3 is 1. The minimum Gasteiger partial charge on any atom is -0.495 e. The van der Waals surface area contributed by atoms with Gasteiger partial charge in [-0.15, -0.1) is 0 Å². The normalized spacial score (nSPS) is 12.9. The number of carbonyl (C=O) groups is 2. The molecular formula is C22H25ClN4O3. The van der Waals surface area contributed by atoms with Crippen LogP contribution in [0.5, 0.6) is 5.75 Å². The van der Waals surface area contributed by atoms with Crippen LogP contribution in [0.3, 0.4) is 0 Å². The molecule has 3 rings (SSSR count). The highest BCUT2D eigenvalue weighted by Crippen LogP contribution is 2.25. The Labute approximate surface area is 180 Å². The number of halogens is 1. The number of H-pyrrole nitrogens is 1. The van der Waals surface area contributed by atoms with E-state index >= 15 is 0 Å². The average molecular weight is 429 g/mol. The molecule has 0 bridgehead atoms. The molecule has 7 nitrogen and oxygen atoms in total. The minimum absolute atomic E-state index is 0.0576. The third-order valence-corrected chi connectivity index (χ3v) is 5.32. The van der Waals surface area contributed by atoms with Gasteiger partial charge in [0.25, 0.3) is 0 Å². The fourth-order valence-corrected chi connectivity index (χ4v) is 3.42. The van der Waals surface area contributed by atoms with E-state index in [-0.39, 0.29) is 24.2 Å². The zero-order chi connectivity index (χ0) is 21.7. The number of nitrogens with zero attached hydrogens (tertiary/aromatic N) is 1. The van der Waals surface area contributed by atoms with Crippen LogP contribution < -0.4 is 15.4 Å². The lowest BCUT2D eigenvalue weighted by Gasteiger charge is -2.23. The Morgan fingerprint density at radius 3 is 2.67 bits per heavy atom. The second kappa shape index (κ2) is 9.63. The maximum absolute atomic E-state index is 12.9. The molecular weight excluding hydrogens is 404 g/mol. The van der Waals surface area contributed by atoms with Crippen molar-refractivity contribution in [2.75, 3.05) is 12.4 Å². The average Bonchev–Trinajstić information content (AvgIpc) is 3.13. The molecule has 0 spiro atoms. The number of ether oxygens (including phenoxy) is 1. The standard InChI is InChI=1S/C22H25ClN4O3/c1-4-13(2)20(21(29)27-22-24-16-7-5-6-8-17(16)25-22)26-19(28)12-14-9-10-18(30-3)15(23)11-14/h5-11,13,20H,4,12H2,1-3H3,(H,26,28)(H2,24,25,27,29). The van der Waals surface area contributed by atoms with Crippen LogP contribution in [0.15, 0.2) is 42.5 Å². The van der Waals surface area contributed by atoms with Crippen molar-refractivity contribution in [1.82, 2.24) is 15.3 Å². The topological polar surface area (TPSA) is 96.1 Å². The quantitative estimate of drug-likeness (QED) is 0.506. The first-order valence-electron chi connectivity index (χ1n) is 9.78. The van der Waals surface area contributed by atoms with E-state index in [1.54, 1.807) is 18.2 Å². The minimum atomic E-state index is -0.690. The molecule has 30 heavy (non-hydrogen) atoms. The van der Waals surface area contributed by atoms with E-state index in [0.29, 0.717) is 16.7 Å². The molecule has 8 heteroatoms. The number of imidazole rings is 1. The first-order valence-corrected chi connectivity index (χ1v) is 10.2. The van der Waals surface area contributed by atoms with E-state index in [1.807, 2.05) is 38.1 Å². The Morgan fingerprint density at radius 2 is 2.00 bits per heavy atom. The van der Waals surface area contributed by atoms with Gasteiger partial charge in [-0.25, -0.2) is 4.98 Å². The molecule has 1 aromatic heterocycles. The molecule has 2 atom stereocenters. The zero-order valence-corrected chi connectivity index (χ0v) is 17.9. The number of amides is 2. The number of anilines is 1. The summed E-state index contributed by atoms with van der Waals surface area (Å²) in [5, 5.41) is 6.07. The summed E-state index contributed by atoms with van der Waals surface area (Å²) < 4.78 is 5.13. The zero-order valence-electron chi connectivity index (χ0n) is 17.2. The summed E-state index contributed by atoms with van der Waals surface area (Å²) in [6.07, 6.45) is 0.835. The van der Waals surface area contributed by atoms with E-state index in [0.717, 1.165) is 23.0 Å². The van der Waals surface area contributed by atoms with E-state index in [1.165, 1.54) is 7.11 Å². The number of nitrogens with one attached hydrogen (secondary N) is 3. The van der Waals surface area contributed by atoms with Gasteiger partial charge >= 0.3 is 0 Å². The fraction of sp³-hybridized carbons (Fsp3) is 0.318. The van der Waals surface area contributed by atoms with Crippen molar-refractivity contribution in [2.45, 2.75) is 32.7 Å². The third kappa shape index (κ3) is 5.10. The van der Waals surface area contributed by atoms with Gasteiger partial charge in [0.05, 0.1) is 29.6 Å². The molecule has 3 N–H and O–H groups in total. The Hall–Kier alpha value is -3.06. The van der Waals surface area contributed by atoms with Crippen LogP contribution in [0.1, 0.15) is 25.8 Å². The van der Waals surface area contributed by atoms with Crippen LogP contribution in [0.2, 0.25) is 5.02 Å². The maximum atomic E-state index is 12.9. The van der Waals surface area contributed by atoms with Gasteiger partial charge in [0, 0.05) is 0 Å². The molecule has 0 aliphatic rings. The van der Waals surface area contributed by atoms with Crippen molar-refractivity contribution in [3.8, 4) is 5.75 Å². The summed E-state index contributed by atoms with van der Waals surface area (Å²) in [6.45, 7) is 3.90. The van der Waals surface area contributed by atoms with Crippen molar-refractivity contribution >= 4 is 40.4 Å². The van der Waals surface area contributed by atoms with Crippen LogP contribution in [0.4, 0.5) is 5.95 Å². The van der Waals surface area contributed by atoms with Crippen LogP contribution in [0, 0.1) is 5.92 Å². The predicted molar refractivity (Wildman–Crippen MR) is 118 cm³/mol. The van der Waals surface area contributed by atoms with Crippen LogP contribution in [-0.4, -0.2) is 34.9 Å². The highest BCUT2D eigenvalue weighted by atomic mass is 35.5. The maximum Gasteiger partial charge on any atom is 0.249 e. The van der Waals surface area contributed by atoms with Gasteiger partial charge in [-0.2, -0.15) is 0 Å². The van der Waals surface area contributed by atoms with Crippen LogP contribution in [-0.2, 0) is 16.0 Å². The number of hydrogen-bond acceptors (Lipinski definition) is 4. The second-order valence-corrected chi connectivity index (χ2v) is 7.58. The molecule has 0 fully saturated rings. The first kappa shape index (κ1) is 21.6. The lowest BCUT2D eigenvalue weighted by molar-refractivity contribution is -0.127. The van der Waals surface area contributed by atoms with Crippen LogP contribution >= 0.6 is 11.6 Å². The molecule has 0 saturated carbocycles. The molecule has 158 valence electrons. The largest absolute Gasteiger partial charge is 0.495 e. The van der Waals surface area contributed by atoms with Crippen molar-refractivity contribution in [3.63, 3.8) is 0 Å². The summed E-state index contributed by atoms with van der Waals surface area (Å²) in [4.78, 5) is 32.9. The first-order chi connectivity index (χ1) is 14.4. The van der Waals surface area contributed by atoms with Gasteiger partial charge in [0.1, 0.15) is 11.8 Å². The SMILES string of the molecule is CCC(C)C(NC(=O)Cc1ccc(OC)c(Cl)c1)C(=O)Nc1nc2ccccc2[nH]1. The number of rotatable bonds is 8. The Kier molecular flexibility index (Phi) is 6.95. The number of aromatic amines is 1. The second-order valence-electron chi connectivity index (χ2n) is 7.17. The van der Waals surface area contributed by atoms with Gasteiger partial charge < -0.3 is 15.0 Å². The smallest absolute Gasteiger partial charge is 0.249 e. The molecule has 2 amide bonds. The summed E-state index contributed by atoms with van der Waals surface area (Å²) in [6, 6.07) is 12.0. The summed E-state index contributed by atoms with van der Waals surface area (Å²) >= 11 is 6.13. The Balaban J connectivity index is 1.69. The monoisotopic (exact) mass is 428 g/mol. The number of aromatic nitrogens is 2. The fourth-order valence-electron chi connectivity index (χ4n) is 3.14. The van der Waals surface area contributed by atoms with Crippen LogP contribution in [0.25, 0.3) is 11.0 Å². The number of benzene rings is 2. The van der Waals surface area contributed by atoms with Gasteiger partial charge in [-0.3, -0.25) is 14.9 Å². The molecule has 0 aliphatic heterocycles. The lowest BCUT2D eigenvalue weighted by atomic mass is 9.98. The Bertz CT molecular complexity index is 1020. The predicted octanol–water partition coefficient (Wildman–Crippen LogP) is 3.94. The van der Waals surface area contributed by atoms with Crippen molar-refractivity contribution < 1.29 is 14.3 Å². The molecule has 0 radical (unpaired) electrons. The van der Waals surface area contributed by atoms with E-state index in [9.17, 15) is 9.59 Å². The number of fused-ring (bicyclic) bond motifs is 1. The van der Waals surface area contributed by atoms with Gasteiger partial charge in [0.2, 0.25) is 17.8 Å².